The first-order chi connectivity index (χ1) is 18.4. The van der Waals surface area contributed by atoms with Gasteiger partial charge in [-0.05, 0) is 56.3 Å². The van der Waals surface area contributed by atoms with Crippen LogP contribution in [0.2, 0.25) is 5.02 Å². The third-order valence-corrected chi connectivity index (χ3v) is 6.71. The second-order valence-electron chi connectivity index (χ2n) is 8.94. The predicted molar refractivity (Wildman–Crippen MR) is 149 cm³/mol. The van der Waals surface area contributed by atoms with Crippen LogP contribution in [0.5, 0.6) is 5.75 Å². The number of carbonyl (C=O) groups excluding carboxylic acids is 2. The van der Waals surface area contributed by atoms with Crippen LogP contribution in [-0.2, 0) is 4.79 Å². The number of hydrogen-bond donors (Lipinski definition) is 3. The third kappa shape index (κ3) is 4.86. The fraction of sp³-hybridized carbons (Fsp3) is 0.138. The lowest BCUT2D eigenvalue weighted by Gasteiger charge is -2.30. The highest BCUT2D eigenvalue weighted by molar-refractivity contribution is 6.31. The van der Waals surface area contributed by atoms with Crippen molar-refractivity contribution in [1.82, 2.24) is 9.78 Å². The summed E-state index contributed by atoms with van der Waals surface area (Å²) in [5.74, 6) is 0.513. The highest BCUT2D eigenvalue weighted by Crippen LogP contribution is 2.40. The highest BCUT2D eigenvalue weighted by atomic mass is 35.5. The average Bonchev–Trinajstić information content (AvgIpc) is 3.33. The first-order valence-electron chi connectivity index (χ1n) is 12.0. The number of anilines is 3. The van der Waals surface area contributed by atoms with Gasteiger partial charge in [0.05, 0.1) is 18.9 Å². The topological polar surface area (TPSA) is 97.3 Å². The van der Waals surface area contributed by atoms with Gasteiger partial charge >= 0.3 is 0 Å². The Kier molecular flexibility index (Phi) is 6.89. The van der Waals surface area contributed by atoms with E-state index < -0.39 is 6.04 Å². The number of methoxy groups -OCH3 is 1. The number of aromatic nitrogens is 2. The normalized spacial score (nSPS) is 14.4. The molecule has 0 radical (unpaired) electrons. The molecule has 0 spiro atoms. The molecule has 38 heavy (non-hydrogen) atoms. The Morgan fingerprint density at radius 1 is 0.921 bits per heavy atom. The monoisotopic (exact) mass is 527 g/mol. The Morgan fingerprint density at radius 3 is 2.21 bits per heavy atom. The Hall–Kier alpha value is -4.56. The number of hydrogen-bond acceptors (Lipinski definition) is 5. The second kappa shape index (κ2) is 10.4. The van der Waals surface area contributed by atoms with E-state index in [0.29, 0.717) is 50.4 Å². The lowest BCUT2D eigenvalue weighted by Crippen LogP contribution is -2.32. The number of halogens is 1. The molecule has 2 heterocycles. The van der Waals surface area contributed by atoms with Crippen molar-refractivity contribution >= 4 is 40.6 Å². The molecule has 0 saturated heterocycles. The molecule has 3 N–H and O–H groups in total. The Labute approximate surface area is 225 Å². The van der Waals surface area contributed by atoms with Crippen LogP contribution in [0.4, 0.5) is 17.2 Å². The SMILES string of the molecule is COc1ccc(NC(=O)C2=C(C)Nc3c(C(=O)Nc4ccc(C)cc4)cnn3C2c2ccccc2Cl)cc1. The summed E-state index contributed by atoms with van der Waals surface area (Å²) in [6.07, 6.45) is 1.49. The summed E-state index contributed by atoms with van der Waals surface area (Å²) >= 11 is 6.62. The second-order valence-corrected chi connectivity index (χ2v) is 9.35. The zero-order valence-corrected chi connectivity index (χ0v) is 21.8. The molecule has 1 aromatic heterocycles. The minimum absolute atomic E-state index is 0.320. The maximum atomic E-state index is 13.6. The molecule has 0 bridgehead atoms. The molecule has 2 amide bonds. The molecule has 0 saturated carbocycles. The smallest absolute Gasteiger partial charge is 0.261 e. The number of benzene rings is 3. The van der Waals surface area contributed by atoms with Crippen molar-refractivity contribution < 1.29 is 14.3 Å². The molecular weight excluding hydrogens is 502 g/mol. The molecule has 4 aromatic rings. The summed E-state index contributed by atoms with van der Waals surface area (Å²) in [6, 6.07) is 21.2. The van der Waals surface area contributed by atoms with E-state index >= 15 is 0 Å². The van der Waals surface area contributed by atoms with Crippen molar-refractivity contribution in [2.24, 2.45) is 0 Å². The molecular formula is C29H26ClN5O3. The third-order valence-electron chi connectivity index (χ3n) is 6.37. The maximum Gasteiger partial charge on any atom is 0.261 e. The summed E-state index contributed by atoms with van der Waals surface area (Å²) in [7, 11) is 1.58. The van der Waals surface area contributed by atoms with E-state index in [1.165, 1.54) is 6.20 Å². The highest BCUT2D eigenvalue weighted by Gasteiger charge is 2.36. The average molecular weight is 528 g/mol. The Balaban J connectivity index is 1.52. The number of amides is 2. The first-order valence-corrected chi connectivity index (χ1v) is 12.4. The molecule has 1 aliphatic rings. The van der Waals surface area contributed by atoms with Crippen molar-refractivity contribution in [3.63, 3.8) is 0 Å². The standard InChI is InChI=1S/C29H26ClN5O3/c1-17-8-10-19(11-9-17)33-28(36)23-16-31-35-26(22-6-4-5-7-24(22)30)25(18(2)32-27(23)35)29(37)34-20-12-14-21(38-3)15-13-20/h4-16,26,32H,1-3H3,(H,33,36)(H,34,37). The molecule has 1 unspecified atom stereocenters. The summed E-state index contributed by atoms with van der Waals surface area (Å²) in [5, 5.41) is 14.1. The largest absolute Gasteiger partial charge is 0.497 e. The van der Waals surface area contributed by atoms with Crippen LogP contribution in [0.25, 0.3) is 0 Å². The van der Waals surface area contributed by atoms with E-state index in [2.05, 4.69) is 21.0 Å². The number of aryl methyl sites for hydroxylation is 1. The van der Waals surface area contributed by atoms with Gasteiger partial charge < -0.3 is 20.7 Å². The van der Waals surface area contributed by atoms with Crippen molar-refractivity contribution in [2.45, 2.75) is 19.9 Å². The minimum Gasteiger partial charge on any atom is -0.497 e. The molecule has 8 nitrogen and oxygen atoms in total. The Bertz CT molecular complexity index is 1540. The molecule has 1 aliphatic heterocycles. The summed E-state index contributed by atoms with van der Waals surface area (Å²) < 4.78 is 6.83. The fourth-order valence-corrected chi connectivity index (χ4v) is 4.65. The van der Waals surface area contributed by atoms with Crippen molar-refractivity contribution in [2.75, 3.05) is 23.1 Å². The van der Waals surface area contributed by atoms with E-state index in [4.69, 9.17) is 16.3 Å². The van der Waals surface area contributed by atoms with E-state index in [-0.39, 0.29) is 11.8 Å². The van der Waals surface area contributed by atoms with Crippen molar-refractivity contribution in [3.8, 4) is 5.75 Å². The molecule has 9 heteroatoms. The van der Waals surface area contributed by atoms with Crippen LogP contribution < -0.4 is 20.7 Å². The van der Waals surface area contributed by atoms with E-state index in [0.717, 1.165) is 5.56 Å². The summed E-state index contributed by atoms with van der Waals surface area (Å²) in [4.78, 5) is 26.9. The van der Waals surface area contributed by atoms with Crippen LogP contribution in [0.3, 0.4) is 0 Å². The van der Waals surface area contributed by atoms with Crippen LogP contribution in [0, 0.1) is 6.92 Å². The van der Waals surface area contributed by atoms with Crippen LogP contribution in [0.15, 0.2) is 90.3 Å². The molecule has 1 atom stereocenters. The molecule has 0 fully saturated rings. The quantitative estimate of drug-likeness (QED) is 0.284. The number of fused-ring (bicyclic) bond motifs is 1. The van der Waals surface area contributed by atoms with Crippen LogP contribution in [0.1, 0.15) is 34.5 Å². The number of allylic oxidation sites excluding steroid dienone is 1. The van der Waals surface area contributed by atoms with Crippen LogP contribution >= 0.6 is 11.6 Å². The van der Waals surface area contributed by atoms with Gasteiger partial charge in [0, 0.05) is 27.7 Å². The van der Waals surface area contributed by atoms with Gasteiger partial charge in [-0.1, -0.05) is 47.5 Å². The lowest BCUT2D eigenvalue weighted by atomic mass is 9.94. The van der Waals surface area contributed by atoms with Gasteiger partial charge in [-0.3, -0.25) is 9.59 Å². The van der Waals surface area contributed by atoms with Crippen molar-refractivity contribution in [1.29, 1.82) is 0 Å². The number of carbonyl (C=O) groups is 2. The number of nitrogens with one attached hydrogen (secondary N) is 3. The van der Waals surface area contributed by atoms with Gasteiger partial charge in [0.15, 0.2) is 0 Å². The van der Waals surface area contributed by atoms with Crippen LogP contribution in [-0.4, -0.2) is 28.7 Å². The lowest BCUT2D eigenvalue weighted by molar-refractivity contribution is -0.113. The molecule has 3 aromatic carbocycles. The maximum absolute atomic E-state index is 13.6. The van der Waals surface area contributed by atoms with Crippen molar-refractivity contribution in [3.05, 3.63) is 112 Å². The van der Waals surface area contributed by atoms with E-state index in [1.807, 2.05) is 49.4 Å². The van der Waals surface area contributed by atoms with Gasteiger partial charge in [0.1, 0.15) is 23.2 Å². The zero-order chi connectivity index (χ0) is 26.8. The summed E-state index contributed by atoms with van der Waals surface area (Å²) in [5.41, 5.74) is 4.41. The molecule has 192 valence electrons. The van der Waals surface area contributed by atoms with E-state index in [1.54, 1.807) is 49.0 Å². The van der Waals surface area contributed by atoms with E-state index in [9.17, 15) is 9.59 Å². The number of rotatable bonds is 6. The van der Waals surface area contributed by atoms with Gasteiger partial charge in [0.2, 0.25) is 0 Å². The zero-order valence-electron chi connectivity index (χ0n) is 21.1. The summed E-state index contributed by atoms with van der Waals surface area (Å²) in [6.45, 7) is 3.78. The van der Waals surface area contributed by atoms with Gasteiger partial charge in [-0.15, -0.1) is 0 Å². The Morgan fingerprint density at radius 2 is 1.55 bits per heavy atom. The van der Waals surface area contributed by atoms with Gasteiger partial charge in [-0.25, -0.2) is 4.68 Å². The molecule has 5 rings (SSSR count). The predicted octanol–water partition coefficient (Wildman–Crippen LogP) is 6.03. The van der Waals surface area contributed by atoms with Gasteiger partial charge in [0.25, 0.3) is 11.8 Å². The minimum atomic E-state index is -0.667. The number of nitrogens with zero attached hydrogens (tertiary/aromatic N) is 2. The fourth-order valence-electron chi connectivity index (χ4n) is 4.41. The van der Waals surface area contributed by atoms with Gasteiger partial charge in [-0.2, -0.15) is 5.10 Å². The molecule has 0 aliphatic carbocycles. The first kappa shape index (κ1) is 25.1. The number of ether oxygens (including phenoxy) is 1.